The van der Waals surface area contributed by atoms with Crippen molar-refractivity contribution >= 4 is 11.5 Å². The first-order valence-electron chi connectivity index (χ1n) is 6.43. The number of hydrogen-bond donors (Lipinski definition) is 1. The number of rotatable bonds is 4. The van der Waals surface area contributed by atoms with Gasteiger partial charge in [0.15, 0.2) is 0 Å². The number of ether oxygens (including phenoxy) is 1. The molecule has 1 aromatic rings. The minimum atomic E-state index is 0.00910. The second kappa shape index (κ2) is 5.36. The van der Waals surface area contributed by atoms with Crippen LogP contribution >= 0.6 is 11.5 Å². The fourth-order valence-electron chi connectivity index (χ4n) is 2.07. The van der Waals surface area contributed by atoms with Gasteiger partial charge in [-0.1, -0.05) is 32.2 Å². The van der Waals surface area contributed by atoms with Crippen LogP contribution < -0.4 is 5.32 Å². The highest BCUT2D eigenvalue weighted by atomic mass is 32.1. The van der Waals surface area contributed by atoms with Crippen LogP contribution in [0.2, 0.25) is 0 Å². The molecule has 0 fully saturated rings. The molecule has 1 aliphatic heterocycles. The fourth-order valence-corrected chi connectivity index (χ4v) is 3.02. The quantitative estimate of drug-likeness (QED) is 0.911. The van der Waals surface area contributed by atoms with E-state index >= 15 is 0 Å². The molecule has 1 aliphatic rings. The monoisotopic (exact) mass is 267 g/mol. The Bertz CT molecular complexity index is 434. The molecule has 2 rings (SSSR count). The van der Waals surface area contributed by atoms with Crippen molar-refractivity contribution in [3.05, 3.63) is 22.4 Å². The molecular formula is C13H21N3OS. The van der Waals surface area contributed by atoms with E-state index in [-0.39, 0.29) is 11.5 Å². The van der Waals surface area contributed by atoms with Gasteiger partial charge in [-0.25, -0.2) is 0 Å². The Balaban J connectivity index is 2.34. The lowest BCUT2D eigenvalue weighted by Crippen LogP contribution is -2.26. The molecule has 18 heavy (non-hydrogen) atoms. The van der Waals surface area contributed by atoms with Crippen LogP contribution in [0.3, 0.4) is 0 Å². The van der Waals surface area contributed by atoms with Crippen LogP contribution in [-0.2, 0) is 10.2 Å². The van der Waals surface area contributed by atoms with E-state index in [4.69, 9.17) is 4.74 Å². The lowest BCUT2D eigenvalue weighted by Gasteiger charge is -2.22. The maximum atomic E-state index is 5.71. The third kappa shape index (κ3) is 2.72. The lowest BCUT2D eigenvalue weighted by molar-refractivity contribution is 0.216. The first kappa shape index (κ1) is 13.5. The Morgan fingerprint density at radius 1 is 1.50 bits per heavy atom. The second-order valence-corrected chi connectivity index (χ2v) is 6.26. The van der Waals surface area contributed by atoms with Crippen LogP contribution in [0.25, 0.3) is 0 Å². The summed E-state index contributed by atoms with van der Waals surface area (Å²) in [5.74, 6) is 1.02. The number of nitrogens with zero attached hydrogens (tertiary/aromatic N) is 2. The molecule has 0 aliphatic carbocycles. The van der Waals surface area contributed by atoms with Gasteiger partial charge in [-0.05, 0) is 24.2 Å². The van der Waals surface area contributed by atoms with E-state index in [0.29, 0.717) is 0 Å². The van der Waals surface area contributed by atoms with E-state index in [1.807, 2.05) is 0 Å². The molecule has 0 radical (unpaired) electrons. The molecule has 2 heterocycles. The molecular weight excluding hydrogens is 246 g/mol. The molecule has 1 N–H and O–H groups in total. The van der Waals surface area contributed by atoms with Gasteiger partial charge in [-0.3, -0.25) is 0 Å². The van der Waals surface area contributed by atoms with E-state index in [9.17, 15) is 0 Å². The minimum Gasteiger partial charge on any atom is -0.496 e. The van der Waals surface area contributed by atoms with E-state index in [0.717, 1.165) is 31.0 Å². The smallest absolute Gasteiger partial charge is 0.115 e. The Labute approximate surface area is 113 Å². The first-order valence-corrected chi connectivity index (χ1v) is 7.20. The summed E-state index contributed by atoms with van der Waals surface area (Å²) in [4.78, 5) is 1.18. The molecule has 100 valence electrons. The van der Waals surface area contributed by atoms with Crippen LogP contribution in [0.4, 0.5) is 0 Å². The summed E-state index contributed by atoms with van der Waals surface area (Å²) >= 11 is 1.47. The Hall–Kier alpha value is -0.940. The van der Waals surface area contributed by atoms with Crippen molar-refractivity contribution in [2.24, 2.45) is 0 Å². The van der Waals surface area contributed by atoms with Crippen LogP contribution in [0, 0.1) is 0 Å². The van der Waals surface area contributed by atoms with Crippen molar-refractivity contribution in [3.63, 3.8) is 0 Å². The molecule has 0 aromatic carbocycles. The summed E-state index contributed by atoms with van der Waals surface area (Å²) in [5.41, 5.74) is 1.07. The SMILES string of the molecule is CCNC(C1=CCCO1)c1snnc1C(C)(C)C. The van der Waals surface area contributed by atoms with E-state index in [1.54, 1.807) is 0 Å². The molecule has 0 amide bonds. The highest BCUT2D eigenvalue weighted by Crippen LogP contribution is 2.35. The molecule has 0 saturated heterocycles. The minimum absolute atomic E-state index is 0.00910. The molecule has 1 unspecified atom stereocenters. The molecule has 0 spiro atoms. The normalized spacial score (nSPS) is 17.4. The van der Waals surface area contributed by atoms with Crippen molar-refractivity contribution < 1.29 is 4.74 Å². The van der Waals surface area contributed by atoms with E-state index < -0.39 is 0 Å². The largest absolute Gasteiger partial charge is 0.496 e. The van der Waals surface area contributed by atoms with Crippen molar-refractivity contribution in [1.82, 2.24) is 14.9 Å². The molecule has 1 atom stereocenters. The summed E-state index contributed by atoms with van der Waals surface area (Å²) < 4.78 is 9.84. The van der Waals surface area contributed by atoms with E-state index in [2.05, 4.69) is 48.7 Å². The van der Waals surface area contributed by atoms with Crippen LogP contribution in [0.5, 0.6) is 0 Å². The lowest BCUT2D eigenvalue weighted by atomic mass is 9.89. The fraction of sp³-hybridized carbons (Fsp3) is 0.692. The highest BCUT2D eigenvalue weighted by molar-refractivity contribution is 7.05. The molecule has 0 saturated carbocycles. The zero-order valence-electron chi connectivity index (χ0n) is 11.5. The summed E-state index contributed by atoms with van der Waals surface area (Å²) in [6.07, 6.45) is 3.16. The van der Waals surface area contributed by atoms with Crippen molar-refractivity contribution in [3.8, 4) is 0 Å². The first-order chi connectivity index (χ1) is 8.54. The van der Waals surface area contributed by atoms with Crippen LogP contribution in [0.15, 0.2) is 11.8 Å². The van der Waals surface area contributed by atoms with Gasteiger partial charge in [0.1, 0.15) is 11.8 Å². The van der Waals surface area contributed by atoms with Gasteiger partial charge in [-0.15, -0.1) is 5.10 Å². The van der Waals surface area contributed by atoms with Crippen molar-refractivity contribution in [2.75, 3.05) is 13.2 Å². The standard InChI is InChI=1S/C13H21N3OS/c1-5-14-10(9-7-6-8-17-9)11-12(13(2,3)4)15-16-18-11/h7,10,14H,5-6,8H2,1-4H3. The summed E-state index contributed by atoms with van der Waals surface area (Å²) in [6.45, 7) is 10.3. The molecule has 4 nitrogen and oxygen atoms in total. The van der Waals surface area contributed by atoms with Crippen molar-refractivity contribution in [1.29, 1.82) is 0 Å². The van der Waals surface area contributed by atoms with Gasteiger partial charge in [0, 0.05) is 11.8 Å². The number of likely N-dealkylation sites (N-methyl/N-ethyl adjacent to an activating group) is 1. The maximum Gasteiger partial charge on any atom is 0.115 e. The molecule has 5 heteroatoms. The predicted molar refractivity (Wildman–Crippen MR) is 73.7 cm³/mol. The second-order valence-electron chi connectivity index (χ2n) is 5.47. The van der Waals surface area contributed by atoms with Gasteiger partial charge in [0.2, 0.25) is 0 Å². The highest BCUT2D eigenvalue weighted by Gasteiger charge is 2.30. The molecule has 0 bridgehead atoms. The van der Waals surface area contributed by atoms with E-state index in [1.165, 1.54) is 16.4 Å². The number of hydrogen-bond acceptors (Lipinski definition) is 5. The maximum absolute atomic E-state index is 5.71. The summed E-state index contributed by atoms with van der Waals surface area (Å²) in [6, 6.07) is 0.103. The van der Waals surface area contributed by atoms with Gasteiger partial charge in [-0.2, -0.15) is 0 Å². The average Bonchev–Trinajstić information content (AvgIpc) is 2.96. The topological polar surface area (TPSA) is 47.0 Å². The van der Waals surface area contributed by atoms with Gasteiger partial charge in [0.25, 0.3) is 0 Å². The zero-order chi connectivity index (χ0) is 13.2. The van der Waals surface area contributed by atoms with Gasteiger partial charge >= 0.3 is 0 Å². The Morgan fingerprint density at radius 2 is 2.28 bits per heavy atom. The predicted octanol–water partition coefficient (Wildman–Crippen LogP) is 2.79. The van der Waals surface area contributed by atoms with Gasteiger partial charge in [0.05, 0.1) is 17.2 Å². The van der Waals surface area contributed by atoms with Crippen LogP contribution in [0.1, 0.15) is 50.7 Å². The number of nitrogens with one attached hydrogen (secondary N) is 1. The number of aromatic nitrogens is 2. The summed E-state index contributed by atoms with van der Waals surface area (Å²) in [7, 11) is 0. The Kier molecular flexibility index (Phi) is 4.02. The van der Waals surface area contributed by atoms with Crippen LogP contribution in [-0.4, -0.2) is 22.7 Å². The third-order valence-electron chi connectivity index (χ3n) is 2.91. The zero-order valence-corrected chi connectivity index (χ0v) is 12.3. The van der Waals surface area contributed by atoms with Crippen molar-refractivity contribution in [2.45, 2.75) is 45.6 Å². The Morgan fingerprint density at radius 3 is 2.83 bits per heavy atom. The average molecular weight is 267 g/mol. The van der Waals surface area contributed by atoms with Gasteiger partial charge < -0.3 is 10.1 Å². The molecule has 1 aromatic heterocycles. The third-order valence-corrected chi connectivity index (χ3v) is 3.70. The summed E-state index contributed by atoms with van der Waals surface area (Å²) in [5, 5.41) is 7.78.